The predicted octanol–water partition coefficient (Wildman–Crippen LogP) is 3.36. The van der Waals surface area contributed by atoms with Crippen LogP contribution in [0, 0.1) is 6.92 Å². The average Bonchev–Trinajstić information content (AvgIpc) is 3.17. The largest absolute Gasteiger partial charge is 0.390 e. The lowest BCUT2D eigenvalue weighted by molar-refractivity contribution is -0.132. The number of aryl methyl sites for hydroxylation is 1. The Morgan fingerprint density at radius 2 is 2.05 bits per heavy atom. The predicted molar refractivity (Wildman–Crippen MR) is 82.1 cm³/mol. The number of nitrogens with one attached hydrogen (secondary N) is 2. The number of alkyl halides is 3. The van der Waals surface area contributed by atoms with Gasteiger partial charge < -0.3 is 10.6 Å². The minimum Gasteiger partial charge on any atom is -0.357 e. The molecule has 2 rings (SSSR count). The maximum absolute atomic E-state index is 12.2. The van der Waals surface area contributed by atoms with Crippen molar-refractivity contribution in [3.05, 3.63) is 35.4 Å². The van der Waals surface area contributed by atoms with E-state index in [-0.39, 0.29) is 12.6 Å². The van der Waals surface area contributed by atoms with Crippen LogP contribution in [-0.2, 0) is 0 Å². The topological polar surface area (TPSA) is 36.4 Å². The molecule has 0 heterocycles. The molecule has 22 heavy (non-hydrogen) atoms. The second-order valence-electron chi connectivity index (χ2n) is 5.58. The fourth-order valence-corrected chi connectivity index (χ4v) is 2.49. The second-order valence-corrected chi connectivity index (χ2v) is 5.58. The zero-order chi connectivity index (χ0) is 16.2. The highest BCUT2D eigenvalue weighted by Gasteiger charge is 2.39. The molecule has 2 unspecified atom stereocenters. The van der Waals surface area contributed by atoms with Gasteiger partial charge in [0.1, 0.15) is 0 Å². The van der Waals surface area contributed by atoms with E-state index in [1.807, 2.05) is 19.1 Å². The number of nitrogens with zero attached hydrogens (tertiary/aromatic N) is 1. The average molecular weight is 313 g/mol. The molecule has 0 bridgehead atoms. The number of hydrogen-bond acceptors (Lipinski definition) is 1. The van der Waals surface area contributed by atoms with Gasteiger partial charge in [0.15, 0.2) is 5.96 Å². The van der Waals surface area contributed by atoms with Crippen LogP contribution >= 0.6 is 0 Å². The van der Waals surface area contributed by atoms with Crippen LogP contribution in [0.25, 0.3) is 0 Å². The Kier molecular flexibility index (Phi) is 5.32. The summed E-state index contributed by atoms with van der Waals surface area (Å²) in [7, 11) is 0. The third-order valence-corrected chi connectivity index (χ3v) is 3.71. The smallest absolute Gasteiger partial charge is 0.357 e. The van der Waals surface area contributed by atoms with Crippen molar-refractivity contribution in [3.63, 3.8) is 0 Å². The summed E-state index contributed by atoms with van der Waals surface area (Å²) < 4.78 is 36.6. The molecule has 1 saturated carbocycles. The van der Waals surface area contributed by atoms with E-state index in [0.717, 1.165) is 6.42 Å². The quantitative estimate of drug-likeness (QED) is 0.646. The van der Waals surface area contributed by atoms with Gasteiger partial charge >= 0.3 is 6.18 Å². The van der Waals surface area contributed by atoms with E-state index in [4.69, 9.17) is 0 Å². The first-order valence-corrected chi connectivity index (χ1v) is 7.58. The molecule has 1 fully saturated rings. The van der Waals surface area contributed by atoms with E-state index < -0.39 is 12.6 Å². The highest BCUT2D eigenvalue weighted by molar-refractivity contribution is 5.80. The summed E-state index contributed by atoms with van der Waals surface area (Å²) in [5.41, 5.74) is 2.54. The van der Waals surface area contributed by atoms with Crippen molar-refractivity contribution in [2.45, 2.75) is 44.8 Å². The zero-order valence-electron chi connectivity index (χ0n) is 12.9. The van der Waals surface area contributed by atoms with Crippen molar-refractivity contribution in [2.24, 2.45) is 4.99 Å². The van der Waals surface area contributed by atoms with Gasteiger partial charge in [0.25, 0.3) is 0 Å². The van der Waals surface area contributed by atoms with E-state index in [0.29, 0.717) is 18.4 Å². The van der Waals surface area contributed by atoms with Gasteiger partial charge in [-0.3, -0.25) is 4.99 Å². The molecule has 6 heteroatoms. The number of halogens is 3. The first-order valence-electron chi connectivity index (χ1n) is 7.58. The van der Waals surface area contributed by atoms with E-state index >= 15 is 0 Å². The van der Waals surface area contributed by atoms with Gasteiger partial charge in [-0.15, -0.1) is 0 Å². The van der Waals surface area contributed by atoms with Gasteiger partial charge in [-0.2, -0.15) is 13.2 Å². The molecule has 1 aromatic carbocycles. The Bertz CT molecular complexity index is 526. The first kappa shape index (κ1) is 16.6. The van der Waals surface area contributed by atoms with Crippen LogP contribution in [0.3, 0.4) is 0 Å². The summed E-state index contributed by atoms with van der Waals surface area (Å²) >= 11 is 0. The Labute approximate surface area is 129 Å². The van der Waals surface area contributed by atoms with Gasteiger partial charge in [0, 0.05) is 18.5 Å². The van der Waals surface area contributed by atoms with Gasteiger partial charge in [-0.05, 0) is 31.4 Å². The lowest BCUT2D eigenvalue weighted by Gasteiger charge is -2.12. The van der Waals surface area contributed by atoms with Crippen molar-refractivity contribution in [2.75, 3.05) is 13.1 Å². The molecule has 0 radical (unpaired) electrons. The Hall–Kier alpha value is -1.72. The zero-order valence-corrected chi connectivity index (χ0v) is 12.9. The molecule has 2 atom stereocenters. The first-order chi connectivity index (χ1) is 10.4. The highest BCUT2D eigenvalue weighted by Crippen LogP contribution is 2.42. The summed E-state index contributed by atoms with van der Waals surface area (Å²) in [6.07, 6.45) is -4.08. The van der Waals surface area contributed by atoms with Gasteiger partial charge in [-0.25, -0.2) is 0 Å². The maximum Gasteiger partial charge on any atom is 0.390 e. The van der Waals surface area contributed by atoms with Crippen LogP contribution in [0.1, 0.15) is 36.8 Å². The van der Waals surface area contributed by atoms with Crippen LogP contribution < -0.4 is 10.6 Å². The van der Waals surface area contributed by atoms with Gasteiger partial charge in [0.2, 0.25) is 0 Å². The molecule has 0 amide bonds. The molecule has 2 N–H and O–H groups in total. The third-order valence-electron chi connectivity index (χ3n) is 3.71. The normalized spacial score (nSPS) is 21.6. The van der Waals surface area contributed by atoms with Crippen LogP contribution in [0.5, 0.6) is 0 Å². The molecule has 0 aliphatic heterocycles. The minimum absolute atomic E-state index is 0.241. The molecule has 0 spiro atoms. The summed E-state index contributed by atoms with van der Waals surface area (Å²) in [5.74, 6) is 0.875. The van der Waals surface area contributed by atoms with Crippen LogP contribution in [0.2, 0.25) is 0 Å². The fourth-order valence-electron chi connectivity index (χ4n) is 2.49. The number of benzene rings is 1. The van der Waals surface area contributed by atoms with Crippen molar-refractivity contribution in [1.82, 2.24) is 10.6 Å². The molecule has 3 nitrogen and oxygen atoms in total. The number of rotatable bonds is 5. The minimum atomic E-state index is -4.16. The van der Waals surface area contributed by atoms with E-state index in [2.05, 4.69) is 34.7 Å². The molecule has 1 aliphatic carbocycles. The fraction of sp³-hybridized carbons (Fsp3) is 0.562. The SMILES string of the molecule is CCNC(=NCCC(F)(F)F)NC1CC1c1ccccc1C. The Balaban J connectivity index is 1.90. The summed E-state index contributed by atoms with van der Waals surface area (Å²) in [6.45, 7) is 4.35. The standard InChI is InChI=1S/C16H22F3N3/c1-3-20-15(21-9-8-16(17,18)19)22-14-10-13(14)12-7-5-4-6-11(12)2/h4-7,13-14H,3,8-10H2,1-2H3,(H2,20,21,22). The van der Waals surface area contributed by atoms with Crippen molar-refractivity contribution in [3.8, 4) is 0 Å². The third kappa shape index (κ3) is 4.93. The lowest BCUT2D eigenvalue weighted by atomic mass is 10.0. The molecular formula is C16H22F3N3. The van der Waals surface area contributed by atoms with E-state index in [9.17, 15) is 13.2 Å². The number of aliphatic imine (C=N–C) groups is 1. The molecule has 1 aliphatic rings. The van der Waals surface area contributed by atoms with E-state index in [1.165, 1.54) is 11.1 Å². The number of hydrogen-bond donors (Lipinski definition) is 2. The van der Waals surface area contributed by atoms with Gasteiger partial charge in [-0.1, -0.05) is 24.3 Å². The summed E-state index contributed by atoms with van der Waals surface area (Å²) in [4.78, 5) is 4.00. The Morgan fingerprint density at radius 3 is 2.68 bits per heavy atom. The van der Waals surface area contributed by atoms with Crippen LogP contribution in [0.4, 0.5) is 13.2 Å². The van der Waals surface area contributed by atoms with Crippen LogP contribution in [0.15, 0.2) is 29.3 Å². The monoisotopic (exact) mass is 313 g/mol. The second kappa shape index (κ2) is 7.03. The maximum atomic E-state index is 12.2. The van der Waals surface area contributed by atoms with Crippen molar-refractivity contribution >= 4 is 5.96 Å². The Morgan fingerprint density at radius 1 is 1.32 bits per heavy atom. The van der Waals surface area contributed by atoms with Crippen molar-refractivity contribution < 1.29 is 13.2 Å². The summed E-state index contributed by atoms with van der Waals surface area (Å²) in [5, 5.41) is 6.22. The van der Waals surface area contributed by atoms with Crippen LogP contribution in [-0.4, -0.2) is 31.3 Å². The van der Waals surface area contributed by atoms with E-state index in [1.54, 1.807) is 0 Å². The molecule has 0 saturated heterocycles. The lowest BCUT2D eigenvalue weighted by Crippen LogP contribution is -2.39. The molecule has 0 aromatic heterocycles. The summed E-state index contributed by atoms with van der Waals surface area (Å²) in [6, 6.07) is 8.44. The van der Waals surface area contributed by atoms with Gasteiger partial charge in [0.05, 0.1) is 13.0 Å². The molecule has 1 aromatic rings. The van der Waals surface area contributed by atoms with Crippen molar-refractivity contribution in [1.29, 1.82) is 0 Å². The number of guanidine groups is 1. The molecule has 122 valence electrons. The highest BCUT2D eigenvalue weighted by atomic mass is 19.4. The molecular weight excluding hydrogens is 291 g/mol.